The molecule has 2 aromatic rings. The van der Waals surface area contributed by atoms with E-state index < -0.39 is 0 Å². The van der Waals surface area contributed by atoms with Crippen LogP contribution in [0.5, 0.6) is 11.5 Å². The van der Waals surface area contributed by atoms with Gasteiger partial charge < -0.3 is 9.47 Å². The summed E-state index contributed by atoms with van der Waals surface area (Å²) in [5.41, 5.74) is 2.26. The van der Waals surface area contributed by atoms with E-state index in [2.05, 4.69) is 15.5 Å². The number of benzene rings is 1. The number of rotatable bonds is 6. The molecule has 0 saturated carbocycles. The topological polar surface area (TPSA) is 73.3 Å². The van der Waals surface area contributed by atoms with Gasteiger partial charge in [-0.25, -0.2) is 0 Å². The molecule has 1 N–H and O–H groups in total. The molecule has 0 saturated heterocycles. The van der Waals surface area contributed by atoms with Crippen molar-refractivity contribution in [2.75, 3.05) is 12.4 Å². The lowest BCUT2D eigenvalue weighted by Crippen LogP contribution is -2.08. The molecule has 23 heavy (non-hydrogen) atoms. The van der Waals surface area contributed by atoms with Crippen LogP contribution in [0.4, 0.5) is 5.13 Å². The van der Waals surface area contributed by atoms with Gasteiger partial charge in [-0.1, -0.05) is 22.9 Å². The van der Waals surface area contributed by atoms with Crippen LogP contribution in [-0.2, 0) is 4.79 Å². The van der Waals surface area contributed by atoms with Crippen molar-refractivity contribution >= 4 is 40.1 Å². The third-order valence-electron chi connectivity index (χ3n) is 2.62. The van der Waals surface area contributed by atoms with E-state index in [0.29, 0.717) is 21.7 Å². The van der Waals surface area contributed by atoms with Crippen molar-refractivity contribution in [1.29, 1.82) is 0 Å². The summed E-state index contributed by atoms with van der Waals surface area (Å²) in [6.07, 6.45) is 2.99. The van der Waals surface area contributed by atoms with Crippen LogP contribution in [0.15, 0.2) is 23.7 Å². The zero-order chi connectivity index (χ0) is 16.8. The van der Waals surface area contributed by atoms with Crippen molar-refractivity contribution in [3.8, 4) is 11.5 Å². The molecule has 0 unspecified atom stereocenters. The number of anilines is 1. The average Bonchev–Trinajstić information content (AvgIpc) is 3.00. The smallest absolute Gasteiger partial charge is 0.250 e. The number of hydrogen-bond acceptors (Lipinski definition) is 6. The lowest BCUT2D eigenvalue weighted by atomic mass is 10.2. The lowest BCUT2D eigenvalue weighted by molar-refractivity contribution is -0.111. The average molecular weight is 354 g/mol. The minimum absolute atomic E-state index is 0.0273. The summed E-state index contributed by atoms with van der Waals surface area (Å²) in [7, 11) is 1.54. The van der Waals surface area contributed by atoms with Crippen molar-refractivity contribution in [2.24, 2.45) is 0 Å². The Morgan fingerprint density at radius 2 is 2.22 bits per heavy atom. The third kappa shape index (κ3) is 4.94. The number of nitrogens with zero attached hydrogens (tertiary/aromatic N) is 2. The first-order valence-electron chi connectivity index (χ1n) is 6.79. The highest BCUT2D eigenvalue weighted by atomic mass is 35.5. The second-order valence-corrected chi connectivity index (χ2v) is 6.01. The molecular weight excluding hydrogens is 338 g/mol. The quantitative estimate of drug-likeness (QED) is 0.802. The lowest BCUT2D eigenvalue weighted by Gasteiger charge is -2.15. The summed E-state index contributed by atoms with van der Waals surface area (Å²) < 4.78 is 10.9. The molecule has 1 aromatic carbocycles. The Hall–Kier alpha value is -2.12. The maximum Gasteiger partial charge on any atom is 0.250 e. The Morgan fingerprint density at radius 1 is 1.43 bits per heavy atom. The summed E-state index contributed by atoms with van der Waals surface area (Å²) in [6.45, 7) is 3.81. The molecule has 1 aromatic heterocycles. The SMILES string of the molecule is COc1cc(/C=C\C(=O)Nc2nncs2)cc(Cl)c1OC(C)C. The molecular formula is C15H16ClN3O3S. The van der Waals surface area contributed by atoms with Gasteiger partial charge in [0.2, 0.25) is 11.0 Å². The number of carbonyl (C=O) groups excluding carboxylic acids is 1. The standard InChI is InChI=1S/C15H16ClN3O3S/c1-9(2)22-14-11(16)6-10(7-12(14)21-3)4-5-13(20)18-15-19-17-8-23-15/h4-9H,1-3H3,(H,18,19,20)/b5-4-. The number of nitrogens with one attached hydrogen (secondary N) is 1. The van der Waals surface area contributed by atoms with Gasteiger partial charge in [0.1, 0.15) is 5.51 Å². The van der Waals surface area contributed by atoms with E-state index in [4.69, 9.17) is 21.1 Å². The third-order valence-corrected chi connectivity index (χ3v) is 3.51. The van der Waals surface area contributed by atoms with Crippen molar-refractivity contribution in [3.05, 3.63) is 34.3 Å². The van der Waals surface area contributed by atoms with Gasteiger partial charge in [0, 0.05) is 6.08 Å². The fourth-order valence-electron chi connectivity index (χ4n) is 1.73. The Bertz CT molecular complexity index is 702. The van der Waals surface area contributed by atoms with Crippen LogP contribution in [-0.4, -0.2) is 29.3 Å². The van der Waals surface area contributed by atoms with E-state index in [1.165, 1.54) is 30.0 Å². The van der Waals surface area contributed by atoms with Crippen molar-refractivity contribution in [1.82, 2.24) is 10.2 Å². The number of aromatic nitrogens is 2. The van der Waals surface area contributed by atoms with Crippen molar-refractivity contribution < 1.29 is 14.3 Å². The van der Waals surface area contributed by atoms with Gasteiger partial charge in [0.15, 0.2) is 11.5 Å². The molecule has 0 aliphatic carbocycles. The Kier molecular flexibility index (Phi) is 5.95. The van der Waals surface area contributed by atoms with Crippen LogP contribution in [0.25, 0.3) is 6.08 Å². The molecule has 1 heterocycles. The Balaban J connectivity index is 2.15. The van der Waals surface area contributed by atoms with Gasteiger partial charge in [-0.3, -0.25) is 10.1 Å². The monoisotopic (exact) mass is 353 g/mol. The van der Waals surface area contributed by atoms with E-state index in [0.717, 1.165) is 5.56 Å². The van der Waals surface area contributed by atoms with Gasteiger partial charge in [-0.2, -0.15) is 0 Å². The van der Waals surface area contributed by atoms with Gasteiger partial charge in [-0.05, 0) is 37.6 Å². The minimum atomic E-state index is -0.306. The zero-order valence-electron chi connectivity index (χ0n) is 12.9. The summed E-state index contributed by atoms with van der Waals surface area (Å²) in [4.78, 5) is 11.8. The largest absolute Gasteiger partial charge is 0.493 e. The van der Waals surface area contributed by atoms with Crippen LogP contribution in [0.1, 0.15) is 19.4 Å². The summed E-state index contributed by atoms with van der Waals surface area (Å²) in [5, 5.41) is 10.8. The highest BCUT2D eigenvalue weighted by molar-refractivity contribution is 7.13. The number of halogens is 1. The van der Waals surface area contributed by atoms with Crippen LogP contribution in [0, 0.1) is 0 Å². The Labute approximate surface area is 143 Å². The number of ether oxygens (including phenoxy) is 2. The molecule has 1 amide bonds. The van der Waals surface area contributed by atoms with E-state index in [1.54, 1.807) is 18.2 Å². The highest BCUT2D eigenvalue weighted by Crippen LogP contribution is 2.37. The molecule has 0 radical (unpaired) electrons. The maximum atomic E-state index is 11.8. The van der Waals surface area contributed by atoms with Gasteiger partial charge in [0.05, 0.1) is 18.2 Å². The van der Waals surface area contributed by atoms with E-state index in [-0.39, 0.29) is 12.0 Å². The zero-order valence-corrected chi connectivity index (χ0v) is 14.4. The molecule has 0 bridgehead atoms. The predicted molar refractivity (Wildman–Crippen MR) is 91.3 cm³/mol. The summed E-state index contributed by atoms with van der Waals surface area (Å²) in [5.74, 6) is 0.689. The fourth-order valence-corrected chi connectivity index (χ4v) is 2.44. The van der Waals surface area contributed by atoms with E-state index >= 15 is 0 Å². The van der Waals surface area contributed by atoms with E-state index in [9.17, 15) is 4.79 Å². The molecule has 0 fully saturated rings. The number of hydrogen-bond donors (Lipinski definition) is 1. The minimum Gasteiger partial charge on any atom is -0.493 e. The maximum absolute atomic E-state index is 11.8. The molecule has 122 valence electrons. The molecule has 0 aliphatic rings. The Morgan fingerprint density at radius 3 is 2.83 bits per heavy atom. The van der Waals surface area contributed by atoms with E-state index in [1.807, 2.05) is 13.8 Å². The van der Waals surface area contributed by atoms with Crippen LogP contribution in [0.3, 0.4) is 0 Å². The van der Waals surface area contributed by atoms with Gasteiger partial charge >= 0.3 is 0 Å². The fraction of sp³-hybridized carbons (Fsp3) is 0.267. The van der Waals surface area contributed by atoms with Crippen LogP contribution < -0.4 is 14.8 Å². The molecule has 2 rings (SSSR count). The first-order chi connectivity index (χ1) is 11.0. The van der Waals surface area contributed by atoms with Crippen molar-refractivity contribution in [2.45, 2.75) is 20.0 Å². The normalized spacial score (nSPS) is 11.0. The van der Waals surface area contributed by atoms with Gasteiger partial charge in [0.25, 0.3) is 0 Å². The molecule has 0 spiro atoms. The number of amides is 1. The molecule has 0 aliphatic heterocycles. The number of methoxy groups -OCH3 is 1. The summed E-state index contributed by atoms with van der Waals surface area (Å²) >= 11 is 7.48. The van der Waals surface area contributed by atoms with Gasteiger partial charge in [-0.15, -0.1) is 10.2 Å². The first-order valence-corrected chi connectivity index (χ1v) is 8.04. The second-order valence-electron chi connectivity index (χ2n) is 4.77. The summed E-state index contributed by atoms with van der Waals surface area (Å²) in [6, 6.07) is 3.45. The van der Waals surface area contributed by atoms with Crippen LogP contribution >= 0.6 is 22.9 Å². The highest BCUT2D eigenvalue weighted by Gasteiger charge is 2.12. The number of carbonyl (C=O) groups is 1. The first kappa shape index (κ1) is 17.2. The van der Waals surface area contributed by atoms with Crippen LogP contribution in [0.2, 0.25) is 5.02 Å². The van der Waals surface area contributed by atoms with Crippen molar-refractivity contribution in [3.63, 3.8) is 0 Å². The predicted octanol–water partition coefficient (Wildman–Crippen LogP) is 3.64. The second kappa shape index (κ2) is 7.94. The molecule has 0 atom stereocenters. The molecule has 6 nitrogen and oxygen atoms in total. The molecule has 8 heteroatoms.